The number of hydrogen-bond donors (Lipinski definition) is 0. The van der Waals surface area contributed by atoms with E-state index in [1.54, 1.807) is 6.92 Å². The molecule has 1 heterocycles. The molecule has 0 aliphatic rings. The summed E-state index contributed by atoms with van der Waals surface area (Å²) in [5.74, 6) is -0.131. The first kappa shape index (κ1) is 9.06. The van der Waals surface area contributed by atoms with E-state index in [-0.39, 0.29) is 12.2 Å². The molecule has 0 aliphatic carbocycles. The molecule has 12 heavy (non-hydrogen) atoms. The lowest BCUT2D eigenvalue weighted by atomic mass is 10.2. The lowest BCUT2D eigenvalue weighted by molar-refractivity contribution is -0.107. The zero-order chi connectivity index (χ0) is 9.14. The maximum atomic E-state index is 11.2. The van der Waals surface area contributed by atoms with Gasteiger partial charge in [-0.05, 0) is 13.8 Å². The summed E-state index contributed by atoms with van der Waals surface area (Å²) in [6, 6.07) is 0. The molecule has 0 spiro atoms. The Bertz CT molecular complexity index is 317. The lowest BCUT2D eigenvalue weighted by Gasteiger charge is -1.90. The predicted molar refractivity (Wildman–Crippen MR) is 46.6 cm³/mol. The third kappa shape index (κ3) is 1.76. The molecule has 0 bridgehead atoms. The monoisotopic (exact) mass is 183 g/mol. The van der Waals surface area contributed by atoms with Crippen LogP contribution in [-0.2, 0) is 4.79 Å². The number of carbonyl (C=O) groups excluding carboxylic acids is 2. The molecule has 0 aliphatic heterocycles. The minimum absolute atomic E-state index is 0.0392. The summed E-state index contributed by atoms with van der Waals surface area (Å²) in [5.41, 5.74) is 0.726. The van der Waals surface area contributed by atoms with E-state index < -0.39 is 0 Å². The second kappa shape index (κ2) is 3.58. The summed E-state index contributed by atoms with van der Waals surface area (Å²) in [5, 5.41) is 0.863. The fourth-order valence-electron chi connectivity index (χ4n) is 0.958. The number of thiazole rings is 1. The van der Waals surface area contributed by atoms with Gasteiger partial charge in [-0.2, -0.15) is 0 Å². The molecule has 0 N–H and O–H groups in total. The van der Waals surface area contributed by atoms with Gasteiger partial charge in [0, 0.05) is 0 Å². The Labute approximate surface area is 74.4 Å². The molecule has 1 aromatic heterocycles. The van der Waals surface area contributed by atoms with Crippen molar-refractivity contribution in [2.45, 2.75) is 20.3 Å². The highest BCUT2D eigenvalue weighted by Gasteiger charge is 2.12. The number of nitrogens with zero attached hydrogens (tertiary/aromatic N) is 1. The summed E-state index contributed by atoms with van der Waals surface area (Å²) >= 11 is 1.34. The second-order valence-corrected chi connectivity index (χ2v) is 3.64. The van der Waals surface area contributed by atoms with Crippen molar-refractivity contribution < 1.29 is 9.59 Å². The van der Waals surface area contributed by atoms with E-state index in [0.29, 0.717) is 11.2 Å². The maximum absolute atomic E-state index is 11.2. The van der Waals surface area contributed by atoms with Crippen LogP contribution in [0.3, 0.4) is 0 Å². The summed E-state index contributed by atoms with van der Waals surface area (Å²) < 4.78 is 0. The van der Waals surface area contributed by atoms with Crippen LogP contribution in [0.1, 0.15) is 26.8 Å². The Balaban J connectivity index is 2.94. The van der Waals surface area contributed by atoms with Crippen LogP contribution in [-0.4, -0.2) is 17.1 Å². The van der Waals surface area contributed by atoms with Crippen LogP contribution in [0, 0.1) is 13.8 Å². The molecule has 0 unspecified atom stereocenters. The quantitative estimate of drug-likeness (QED) is 0.405. The number of hydrogen-bond acceptors (Lipinski definition) is 4. The molecule has 0 atom stereocenters. The zero-order valence-electron chi connectivity index (χ0n) is 6.96. The largest absolute Gasteiger partial charge is 0.303 e. The Morgan fingerprint density at radius 2 is 2.25 bits per heavy atom. The van der Waals surface area contributed by atoms with Gasteiger partial charge in [-0.3, -0.25) is 4.79 Å². The van der Waals surface area contributed by atoms with Crippen LogP contribution in [0.2, 0.25) is 0 Å². The first-order valence-corrected chi connectivity index (χ1v) is 4.37. The Morgan fingerprint density at radius 3 is 2.67 bits per heavy atom. The Hall–Kier alpha value is -1.03. The van der Waals surface area contributed by atoms with Gasteiger partial charge in [0.25, 0.3) is 0 Å². The van der Waals surface area contributed by atoms with Gasteiger partial charge in [-0.25, -0.2) is 4.98 Å². The van der Waals surface area contributed by atoms with Crippen molar-refractivity contribution in [3.63, 3.8) is 0 Å². The summed E-state index contributed by atoms with van der Waals surface area (Å²) in [4.78, 5) is 26.0. The number of Topliss-reactive ketones (excluding diaryl/α,β-unsaturated/α-hetero) is 1. The highest BCUT2D eigenvalue weighted by atomic mass is 32.1. The van der Waals surface area contributed by atoms with Crippen LogP contribution in [0.4, 0.5) is 0 Å². The zero-order valence-corrected chi connectivity index (χ0v) is 7.77. The van der Waals surface area contributed by atoms with Crippen LogP contribution in [0.25, 0.3) is 0 Å². The van der Waals surface area contributed by atoms with Crippen molar-refractivity contribution in [3.05, 3.63) is 15.6 Å². The van der Waals surface area contributed by atoms with Gasteiger partial charge in [-0.15, -0.1) is 11.3 Å². The third-order valence-electron chi connectivity index (χ3n) is 1.43. The van der Waals surface area contributed by atoms with Crippen molar-refractivity contribution in [1.29, 1.82) is 0 Å². The number of carbonyl (C=O) groups is 2. The van der Waals surface area contributed by atoms with Crippen molar-refractivity contribution in [2.75, 3.05) is 0 Å². The molecule has 0 saturated carbocycles. The fourth-order valence-corrected chi connectivity index (χ4v) is 1.83. The van der Waals surface area contributed by atoms with Gasteiger partial charge in [0.1, 0.15) is 6.29 Å². The van der Waals surface area contributed by atoms with Gasteiger partial charge >= 0.3 is 0 Å². The summed E-state index contributed by atoms with van der Waals surface area (Å²) in [6.07, 6.45) is 0.583. The molecule has 64 valence electrons. The summed E-state index contributed by atoms with van der Waals surface area (Å²) in [7, 11) is 0. The first-order valence-electron chi connectivity index (χ1n) is 3.56. The minimum atomic E-state index is -0.131. The Kier molecular flexibility index (Phi) is 2.70. The van der Waals surface area contributed by atoms with Crippen molar-refractivity contribution in [2.24, 2.45) is 0 Å². The number of aldehydes is 1. The topological polar surface area (TPSA) is 47.0 Å². The molecular weight excluding hydrogens is 174 g/mol. The number of aromatic nitrogens is 1. The van der Waals surface area contributed by atoms with Gasteiger partial charge in [0.15, 0.2) is 5.78 Å². The van der Waals surface area contributed by atoms with Gasteiger partial charge in [0.05, 0.1) is 22.0 Å². The molecule has 0 saturated heterocycles. The predicted octanol–water partition coefficient (Wildman–Crippen LogP) is 1.53. The van der Waals surface area contributed by atoms with E-state index in [1.165, 1.54) is 11.3 Å². The van der Waals surface area contributed by atoms with Crippen molar-refractivity contribution >= 4 is 23.4 Å². The highest BCUT2D eigenvalue weighted by molar-refractivity contribution is 7.13. The van der Waals surface area contributed by atoms with Crippen LogP contribution < -0.4 is 0 Å². The van der Waals surface area contributed by atoms with Gasteiger partial charge < -0.3 is 4.79 Å². The standard InChI is InChI=1S/C8H9NO2S/c1-5-8(7(11)3-4-10)12-6(2)9-5/h4H,3H2,1-2H3. The molecule has 0 amide bonds. The SMILES string of the molecule is Cc1nc(C)c(C(=O)CC=O)s1. The smallest absolute Gasteiger partial charge is 0.181 e. The number of rotatable bonds is 3. The molecule has 4 heteroatoms. The number of aryl methyl sites for hydroxylation is 2. The first-order chi connectivity index (χ1) is 5.65. The van der Waals surface area contributed by atoms with Crippen LogP contribution >= 0.6 is 11.3 Å². The molecule has 0 fully saturated rings. The van der Waals surface area contributed by atoms with E-state index in [2.05, 4.69) is 4.98 Å². The van der Waals surface area contributed by atoms with E-state index in [0.717, 1.165) is 10.7 Å². The lowest BCUT2D eigenvalue weighted by Crippen LogP contribution is -1.98. The molecular formula is C8H9NO2S. The molecule has 0 radical (unpaired) electrons. The molecule has 1 rings (SSSR count). The van der Waals surface area contributed by atoms with E-state index in [1.807, 2.05) is 6.92 Å². The Morgan fingerprint density at radius 1 is 1.58 bits per heavy atom. The van der Waals surface area contributed by atoms with Crippen molar-refractivity contribution in [3.8, 4) is 0 Å². The van der Waals surface area contributed by atoms with Gasteiger partial charge in [-0.1, -0.05) is 0 Å². The van der Waals surface area contributed by atoms with E-state index in [4.69, 9.17) is 0 Å². The summed E-state index contributed by atoms with van der Waals surface area (Å²) in [6.45, 7) is 3.62. The normalized spacial score (nSPS) is 9.83. The molecule has 0 aromatic carbocycles. The maximum Gasteiger partial charge on any atom is 0.181 e. The number of ketones is 1. The van der Waals surface area contributed by atoms with E-state index in [9.17, 15) is 9.59 Å². The average Bonchev–Trinajstić information content (AvgIpc) is 2.30. The van der Waals surface area contributed by atoms with Crippen LogP contribution in [0.5, 0.6) is 0 Å². The second-order valence-electron chi connectivity index (χ2n) is 2.44. The minimum Gasteiger partial charge on any atom is -0.303 e. The highest BCUT2D eigenvalue weighted by Crippen LogP contribution is 2.18. The van der Waals surface area contributed by atoms with Gasteiger partial charge in [0.2, 0.25) is 0 Å². The van der Waals surface area contributed by atoms with E-state index >= 15 is 0 Å². The van der Waals surface area contributed by atoms with Crippen LogP contribution in [0.15, 0.2) is 0 Å². The molecule has 1 aromatic rings. The molecule has 3 nitrogen and oxygen atoms in total. The fraction of sp³-hybridized carbons (Fsp3) is 0.375. The third-order valence-corrected chi connectivity index (χ3v) is 2.54. The van der Waals surface area contributed by atoms with Crippen molar-refractivity contribution in [1.82, 2.24) is 4.98 Å². The average molecular weight is 183 g/mol.